The summed E-state index contributed by atoms with van der Waals surface area (Å²) in [7, 11) is 0. The summed E-state index contributed by atoms with van der Waals surface area (Å²) in [4.78, 5) is 4.60. The number of aliphatic hydroxyl groups is 1. The van der Waals surface area contributed by atoms with E-state index in [9.17, 15) is 5.11 Å². The van der Waals surface area contributed by atoms with Crippen LogP contribution in [0.4, 0.5) is 0 Å². The Kier molecular flexibility index (Phi) is 3.39. The van der Waals surface area contributed by atoms with Crippen molar-refractivity contribution in [3.8, 4) is 17.0 Å². The van der Waals surface area contributed by atoms with Crippen LogP contribution in [0, 0.1) is 0 Å². The lowest BCUT2D eigenvalue weighted by Crippen LogP contribution is -1.93. The number of rotatable bonds is 4. The van der Waals surface area contributed by atoms with Crippen LogP contribution in [-0.4, -0.2) is 21.1 Å². The number of nitrogens with zero attached hydrogens (tertiary/aromatic N) is 2. The molecule has 0 aliphatic heterocycles. The first-order chi connectivity index (χ1) is 9.81. The largest absolute Gasteiger partial charge is 0.493 e. The average molecular weight is 268 g/mol. The van der Waals surface area contributed by atoms with E-state index in [1.165, 1.54) is 0 Å². The normalized spacial score (nSPS) is 10.9. The molecule has 0 unspecified atom stereocenters. The Labute approximate surface area is 117 Å². The minimum atomic E-state index is 0.0268. The molecule has 20 heavy (non-hydrogen) atoms. The Balaban J connectivity index is 2.10. The Hall–Kier alpha value is -2.33. The highest BCUT2D eigenvalue weighted by Crippen LogP contribution is 2.29. The summed E-state index contributed by atoms with van der Waals surface area (Å²) < 4.78 is 7.56. The second-order valence-corrected chi connectivity index (χ2v) is 4.52. The van der Waals surface area contributed by atoms with Gasteiger partial charge in [0, 0.05) is 18.0 Å². The minimum absolute atomic E-state index is 0.0268. The molecule has 0 saturated carbocycles. The maximum absolute atomic E-state index is 9.18. The number of aliphatic hydroxyl groups excluding tert-OH is 1. The number of benzene rings is 1. The molecule has 1 N–H and O–H groups in total. The first-order valence-corrected chi connectivity index (χ1v) is 6.62. The zero-order valence-electron chi connectivity index (χ0n) is 11.3. The van der Waals surface area contributed by atoms with Gasteiger partial charge in [-0.2, -0.15) is 0 Å². The third kappa shape index (κ3) is 2.26. The van der Waals surface area contributed by atoms with Crippen LogP contribution in [0.15, 0.2) is 48.8 Å². The number of aromatic nitrogens is 2. The molecule has 0 fully saturated rings. The van der Waals surface area contributed by atoms with Crippen molar-refractivity contribution < 1.29 is 9.84 Å². The fraction of sp³-hybridized carbons (Fsp3) is 0.188. The van der Waals surface area contributed by atoms with Crippen LogP contribution in [0.5, 0.6) is 5.75 Å². The third-order valence-electron chi connectivity index (χ3n) is 3.16. The van der Waals surface area contributed by atoms with E-state index in [1.54, 1.807) is 0 Å². The van der Waals surface area contributed by atoms with Crippen molar-refractivity contribution in [1.29, 1.82) is 0 Å². The van der Waals surface area contributed by atoms with Gasteiger partial charge >= 0.3 is 0 Å². The molecule has 4 heteroatoms. The van der Waals surface area contributed by atoms with Crippen LogP contribution in [-0.2, 0) is 6.61 Å². The SMILES string of the molecule is CCOc1ccccc1-c1cn2cc(CO)ccc2n1. The van der Waals surface area contributed by atoms with Crippen LogP contribution in [0.2, 0.25) is 0 Å². The topological polar surface area (TPSA) is 46.8 Å². The molecule has 2 heterocycles. The van der Waals surface area contributed by atoms with Crippen LogP contribution in [0.1, 0.15) is 12.5 Å². The zero-order valence-corrected chi connectivity index (χ0v) is 11.3. The number of hydrogen-bond acceptors (Lipinski definition) is 3. The molecule has 0 bridgehead atoms. The number of fused-ring (bicyclic) bond motifs is 1. The zero-order chi connectivity index (χ0) is 13.9. The predicted octanol–water partition coefficient (Wildman–Crippen LogP) is 2.89. The summed E-state index contributed by atoms with van der Waals surface area (Å²) in [5, 5.41) is 9.18. The molecule has 0 aliphatic carbocycles. The lowest BCUT2D eigenvalue weighted by atomic mass is 10.1. The van der Waals surface area contributed by atoms with Gasteiger partial charge in [-0.3, -0.25) is 0 Å². The first-order valence-electron chi connectivity index (χ1n) is 6.62. The van der Waals surface area contributed by atoms with Crippen LogP contribution < -0.4 is 4.74 Å². The van der Waals surface area contributed by atoms with E-state index in [0.717, 1.165) is 28.2 Å². The van der Waals surface area contributed by atoms with Gasteiger partial charge in [-0.15, -0.1) is 0 Å². The van der Waals surface area contributed by atoms with Gasteiger partial charge in [0.2, 0.25) is 0 Å². The molecule has 4 nitrogen and oxygen atoms in total. The van der Waals surface area contributed by atoms with Gasteiger partial charge in [0.15, 0.2) is 0 Å². The number of imidazole rings is 1. The monoisotopic (exact) mass is 268 g/mol. The Morgan fingerprint density at radius 3 is 2.80 bits per heavy atom. The van der Waals surface area contributed by atoms with Crippen molar-refractivity contribution in [2.75, 3.05) is 6.61 Å². The number of hydrogen-bond donors (Lipinski definition) is 1. The number of ether oxygens (including phenoxy) is 1. The second-order valence-electron chi connectivity index (χ2n) is 4.52. The van der Waals surface area contributed by atoms with Gasteiger partial charge in [0.1, 0.15) is 11.4 Å². The quantitative estimate of drug-likeness (QED) is 0.791. The summed E-state index contributed by atoms with van der Waals surface area (Å²) in [6, 6.07) is 11.6. The van der Waals surface area contributed by atoms with Crippen molar-refractivity contribution in [3.05, 3.63) is 54.4 Å². The molecule has 3 aromatic rings. The van der Waals surface area contributed by atoms with Gasteiger partial charge in [0.05, 0.1) is 18.9 Å². The number of pyridine rings is 1. The highest BCUT2D eigenvalue weighted by Gasteiger charge is 2.09. The van der Waals surface area contributed by atoms with E-state index in [4.69, 9.17) is 4.74 Å². The highest BCUT2D eigenvalue weighted by atomic mass is 16.5. The molecule has 1 aromatic carbocycles. The molecule has 0 saturated heterocycles. The van der Waals surface area contributed by atoms with Crippen molar-refractivity contribution in [2.24, 2.45) is 0 Å². The maximum Gasteiger partial charge on any atom is 0.137 e. The van der Waals surface area contributed by atoms with Crippen LogP contribution >= 0.6 is 0 Å². The standard InChI is InChI=1S/C16H16N2O2/c1-2-20-15-6-4-3-5-13(15)14-10-18-9-12(11-19)7-8-16(18)17-14/h3-10,19H,2,11H2,1H3. The fourth-order valence-corrected chi connectivity index (χ4v) is 2.22. The Morgan fingerprint density at radius 1 is 1.15 bits per heavy atom. The van der Waals surface area contributed by atoms with Crippen molar-refractivity contribution in [3.63, 3.8) is 0 Å². The predicted molar refractivity (Wildman–Crippen MR) is 77.7 cm³/mol. The third-order valence-corrected chi connectivity index (χ3v) is 3.16. The van der Waals surface area contributed by atoms with E-state index < -0.39 is 0 Å². The van der Waals surface area contributed by atoms with Gasteiger partial charge in [-0.05, 0) is 30.7 Å². The molecule has 0 radical (unpaired) electrons. The van der Waals surface area contributed by atoms with E-state index in [-0.39, 0.29) is 6.61 Å². The van der Waals surface area contributed by atoms with Crippen molar-refractivity contribution >= 4 is 5.65 Å². The summed E-state index contributed by atoms with van der Waals surface area (Å²) in [6.07, 6.45) is 3.83. The number of para-hydroxylation sites is 1. The van der Waals surface area contributed by atoms with E-state index in [1.807, 2.05) is 60.1 Å². The van der Waals surface area contributed by atoms with Crippen LogP contribution in [0.3, 0.4) is 0 Å². The molecule has 0 amide bonds. The molecule has 0 spiro atoms. The fourth-order valence-electron chi connectivity index (χ4n) is 2.22. The molecule has 0 aliphatic rings. The lowest BCUT2D eigenvalue weighted by molar-refractivity contribution is 0.281. The molecular formula is C16H16N2O2. The van der Waals surface area contributed by atoms with Crippen molar-refractivity contribution in [2.45, 2.75) is 13.5 Å². The molecule has 3 rings (SSSR count). The first kappa shape index (κ1) is 12.7. The van der Waals surface area contributed by atoms with Gasteiger partial charge in [0.25, 0.3) is 0 Å². The van der Waals surface area contributed by atoms with E-state index in [2.05, 4.69) is 4.98 Å². The summed E-state index contributed by atoms with van der Waals surface area (Å²) in [5.74, 6) is 0.834. The second kappa shape index (κ2) is 5.35. The van der Waals surface area contributed by atoms with Crippen LogP contribution in [0.25, 0.3) is 16.9 Å². The van der Waals surface area contributed by atoms with E-state index in [0.29, 0.717) is 6.61 Å². The molecule has 0 atom stereocenters. The average Bonchev–Trinajstić information content (AvgIpc) is 2.90. The van der Waals surface area contributed by atoms with Gasteiger partial charge in [-0.25, -0.2) is 4.98 Å². The summed E-state index contributed by atoms with van der Waals surface area (Å²) in [6.45, 7) is 2.62. The molecule has 102 valence electrons. The van der Waals surface area contributed by atoms with Gasteiger partial charge in [-0.1, -0.05) is 18.2 Å². The lowest BCUT2D eigenvalue weighted by Gasteiger charge is -2.07. The highest BCUT2D eigenvalue weighted by molar-refractivity contribution is 5.69. The van der Waals surface area contributed by atoms with Gasteiger partial charge < -0.3 is 14.2 Å². The smallest absolute Gasteiger partial charge is 0.137 e. The Bertz CT molecular complexity index is 734. The summed E-state index contributed by atoms with van der Waals surface area (Å²) >= 11 is 0. The van der Waals surface area contributed by atoms with Crippen molar-refractivity contribution in [1.82, 2.24) is 9.38 Å². The Morgan fingerprint density at radius 2 is 2.00 bits per heavy atom. The maximum atomic E-state index is 9.18. The molecular weight excluding hydrogens is 252 g/mol. The molecule has 2 aromatic heterocycles. The van der Waals surface area contributed by atoms with E-state index >= 15 is 0 Å². The minimum Gasteiger partial charge on any atom is -0.493 e. The summed E-state index contributed by atoms with van der Waals surface area (Å²) in [5.41, 5.74) is 3.55.